The minimum absolute atomic E-state index is 0.0356. The van der Waals surface area contributed by atoms with Crippen LogP contribution in [-0.2, 0) is 9.59 Å². The molecule has 1 aromatic heterocycles. The molecule has 0 bridgehead atoms. The van der Waals surface area contributed by atoms with Gasteiger partial charge in [0.25, 0.3) is 5.91 Å². The SMILES string of the molecule is O=C(CCN1C(=O)C(=Cc2[nH]c(-c3ccc(F)c(F)c3)cc(=O)c2Cl)SC1=S)Oc1ccc(C(=O)O)c(O)c1. The van der Waals surface area contributed by atoms with E-state index in [-0.39, 0.29) is 55.5 Å². The van der Waals surface area contributed by atoms with Gasteiger partial charge in [0.15, 0.2) is 11.6 Å². The van der Waals surface area contributed by atoms with Crippen LogP contribution in [0.25, 0.3) is 17.3 Å². The van der Waals surface area contributed by atoms with Gasteiger partial charge in [-0.25, -0.2) is 13.6 Å². The van der Waals surface area contributed by atoms with Gasteiger partial charge in [-0.2, -0.15) is 0 Å². The van der Waals surface area contributed by atoms with E-state index in [1.807, 2.05) is 0 Å². The number of carboxylic acids is 1. The largest absolute Gasteiger partial charge is 0.507 e. The fraction of sp³-hybridized carbons (Fsp3) is 0.0800. The first-order valence-electron chi connectivity index (χ1n) is 10.8. The lowest BCUT2D eigenvalue weighted by atomic mass is 10.1. The van der Waals surface area contributed by atoms with E-state index in [0.29, 0.717) is 0 Å². The molecule has 1 saturated heterocycles. The van der Waals surface area contributed by atoms with Gasteiger partial charge in [-0.15, -0.1) is 0 Å². The van der Waals surface area contributed by atoms with Gasteiger partial charge in [0.05, 0.1) is 17.0 Å². The summed E-state index contributed by atoms with van der Waals surface area (Å²) in [6.45, 7) is -0.154. The maximum atomic E-state index is 13.7. The zero-order chi connectivity index (χ0) is 28.4. The fourth-order valence-corrected chi connectivity index (χ4v) is 4.89. The first-order valence-corrected chi connectivity index (χ1v) is 12.5. The molecule has 0 atom stereocenters. The van der Waals surface area contributed by atoms with Gasteiger partial charge in [0.2, 0.25) is 5.43 Å². The number of hydrogen-bond acceptors (Lipinski definition) is 8. The molecule has 0 radical (unpaired) electrons. The zero-order valence-electron chi connectivity index (χ0n) is 19.4. The number of carbonyl (C=O) groups is 3. The van der Waals surface area contributed by atoms with Crippen molar-refractivity contribution in [1.82, 2.24) is 9.88 Å². The van der Waals surface area contributed by atoms with Crippen molar-refractivity contribution in [3.63, 3.8) is 0 Å². The number of esters is 1. The Morgan fingerprint density at radius 3 is 2.54 bits per heavy atom. The number of aromatic amines is 1. The standard InChI is InChI=1S/C25H15ClF2N2O7S2/c26-22-17(29-16(9-19(22)32)11-1-4-14(27)15(28)7-11)10-20-23(34)30(25(38)39-20)6-5-21(33)37-12-2-3-13(24(35)36)18(31)8-12/h1-4,7-10,31H,5-6H2,(H,29,32)(H,35,36). The number of ether oxygens (including phenoxy) is 1. The van der Waals surface area contributed by atoms with Gasteiger partial charge < -0.3 is 19.9 Å². The van der Waals surface area contributed by atoms with E-state index in [9.17, 15) is 33.1 Å². The number of pyridine rings is 1. The molecule has 1 fully saturated rings. The topological polar surface area (TPSA) is 137 Å². The van der Waals surface area contributed by atoms with E-state index in [1.165, 1.54) is 18.2 Å². The number of rotatable bonds is 7. The van der Waals surface area contributed by atoms with Crippen LogP contribution in [0.15, 0.2) is 52.2 Å². The van der Waals surface area contributed by atoms with Crippen LogP contribution in [-0.4, -0.2) is 48.8 Å². The molecule has 3 aromatic rings. The molecule has 9 nitrogen and oxygen atoms in total. The number of nitrogens with zero attached hydrogens (tertiary/aromatic N) is 1. The normalized spacial score (nSPS) is 14.2. The highest BCUT2D eigenvalue weighted by Crippen LogP contribution is 2.34. The average molecular weight is 593 g/mol. The molecular formula is C25H15ClF2N2O7S2. The van der Waals surface area contributed by atoms with Crippen LogP contribution in [0.4, 0.5) is 8.78 Å². The Labute approximate surface area is 232 Å². The van der Waals surface area contributed by atoms with Gasteiger partial charge in [0.1, 0.15) is 26.4 Å². The van der Waals surface area contributed by atoms with Crippen LogP contribution >= 0.6 is 35.6 Å². The summed E-state index contributed by atoms with van der Waals surface area (Å²) in [4.78, 5) is 52.6. The number of amides is 1. The van der Waals surface area contributed by atoms with Gasteiger partial charge in [0, 0.05) is 29.9 Å². The lowest BCUT2D eigenvalue weighted by Gasteiger charge is -2.14. The number of halogens is 3. The van der Waals surface area contributed by atoms with Crippen LogP contribution in [0.2, 0.25) is 5.02 Å². The number of aromatic nitrogens is 1. The second-order valence-electron chi connectivity index (χ2n) is 7.95. The third kappa shape index (κ3) is 6.16. The molecule has 3 N–H and O–H groups in total. The Balaban J connectivity index is 1.48. The predicted molar refractivity (Wildman–Crippen MR) is 143 cm³/mol. The highest BCUT2D eigenvalue weighted by Gasteiger charge is 2.32. The van der Waals surface area contributed by atoms with Crippen LogP contribution in [0.3, 0.4) is 0 Å². The maximum absolute atomic E-state index is 13.7. The van der Waals surface area contributed by atoms with E-state index < -0.39 is 40.7 Å². The highest BCUT2D eigenvalue weighted by atomic mass is 35.5. The second kappa shape index (κ2) is 11.4. The van der Waals surface area contributed by atoms with E-state index >= 15 is 0 Å². The molecular weight excluding hydrogens is 578 g/mol. The fourth-order valence-electron chi connectivity index (χ4n) is 3.45. The molecule has 200 valence electrons. The number of thiocarbonyl (C=S) groups is 1. The number of H-pyrrole nitrogens is 1. The number of carboxylic acid groups (broad SMARTS) is 1. The van der Waals surface area contributed by atoms with Crippen LogP contribution in [0.1, 0.15) is 22.5 Å². The summed E-state index contributed by atoms with van der Waals surface area (Å²) in [6.07, 6.45) is 1.00. The van der Waals surface area contributed by atoms with Crippen molar-refractivity contribution in [3.05, 3.63) is 85.5 Å². The lowest BCUT2D eigenvalue weighted by molar-refractivity contribution is -0.134. The summed E-state index contributed by atoms with van der Waals surface area (Å²) < 4.78 is 32.2. The number of hydrogen-bond donors (Lipinski definition) is 3. The minimum atomic E-state index is -1.35. The molecule has 0 saturated carbocycles. The van der Waals surface area contributed by atoms with Crippen molar-refractivity contribution in [1.29, 1.82) is 0 Å². The molecule has 2 aromatic carbocycles. The van der Waals surface area contributed by atoms with E-state index in [4.69, 9.17) is 33.7 Å². The summed E-state index contributed by atoms with van der Waals surface area (Å²) in [5.41, 5.74) is -0.643. The number of thioether (sulfide) groups is 1. The molecule has 4 rings (SSSR count). The van der Waals surface area contributed by atoms with Crippen LogP contribution in [0.5, 0.6) is 11.5 Å². The monoisotopic (exact) mass is 592 g/mol. The number of phenols is 1. The van der Waals surface area contributed by atoms with Crippen molar-refractivity contribution >= 4 is 63.8 Å². The minimum Gasteiger partial charge on any atom is -0.507 e. The Hall–Kier alpha value is -4.07. The molecule has 1 aliphatic rings. The predicted octanol–water partition coefficient (Wildman–Crippen LogP) is 4.57. The molecule has 0 aliphatic carbocycles. The third-order valence-corrected chi connectivity index (χ3v) is 7.12. The molecule has 1 aliphatic heterocycles. The second-order valence-corrected chi connectivity index (χ2v) is 10.00. The molecule has 1 amide bonds. The van der Waals surface area contributed by atoms with Gasteiger partial charge in [-0.1, -0.05) is 35.6 Å². The number of benzene rings is 2. The van der Waals surface area contributed by atoms with Crippen LogP contribution in [0, 0.1) is 11.6 Å². The first-order chi connectivity index (χ1) is 18.4. The van der Waals surface area contributed by atoms with Crippen LogP contribution < -0.4 is 10.2 Å². The summed E-state index contributed by atoms with van der Waals surface area (Å²) in [7, 11) is 0. The highest BCUT2D eigenvalue weighted by molar-refractivity contribution is 8.26. The Kier molecular flexibility index (Phi) is 8.14. The van der Waals surface area contributed by atoms with Crippen molar-refractivity contribution in [3.8, 4) is 22.8 Å². The van der Waals surface area contributed by atoms with Gasteiger partial charge in [-0.05, 0) is 36.4 Å². The summed E-state index contributed by atoms with van der Waals surface area (Å²) in [6, 6.07) is 7.43. The lowest BCUT2D eigenvalue weighted by Crippen LogP contribution is -2.31. The molecule has 2 heterocycles. The van der Waals surface area contributed by atoms with E-state index in [2.05, 4.69) is 4.98 Å². The summed E-state index contributed by atoms with van der Waals surface area (Å²) >= 11 is 12.3. The van der Waals surface area contributed by atoms with E-state index in [0.717, 1.165) is 47.0 Å². The van der Waals surface area contributed by atoms with Gasteiger partial charge >= 0.3 is 11.9 Å². The smallest absolute Gasteiger partial charge is 0.339 e. The number of aromatic carboxylic acids is 1. The first kappa shape index (κ1) is 28.0. The Bertz CT molecular complexity index is 1640. The molecule has 0 unspecified atom stereocenters. The summed E-state index contributed by atoms with van der Waals surface area (Å²) in [5, 5.41) is 18.4. The molecule has 14 heteroatoms. The number of aromatic hydroxyl groups is 1. The van der Waals surface area contributed by atoms with E-state index in [1.54, 1.807) is 0 Å². The Morgan fingerprint density at radius 2 is 1.87 bits per heavy atom. The average Bonchev–Trinajstić information content (AvgIpc) is 3.13. The zero-order valence-corrected chi connectivity index (χ0v) is 21.8. The maximum Gasteiger partial charge on any atom is 0.339 e. The third-order valence-electron chi connectivity index (χ3n) is 5.35. The molecule has 39 heavy (non-hydrogen) atoms. The van der Waals surface area contributed by atoms with Crippen molar-refractivity contribution in [2.45, 2.75) is 6.42 Å². The number of carbonyl (C=O) groups excluding carboxylic acids is 2. The van der Waals surface area contributed by atoms with Gasteiger partial charge in [-0.3, -0.25) is 19.3 Å². The molecule has 0 spiro atoms. The van der Waals surface area contributed by atoms with Crippen molar-refractivity contribution in [2.75, 3.05) is 6.54 Å². The summed E-state index contributed by atoms with van der Waals surface area (Å²) in [5.74, 6) is -5.55. The Morgan fingerprint density at radius 1 is 1.13 bits per heavy atom. The van der Waals surface area contributed by atoms with Crippen molar-refractivity contribution in [2.24, 2.45) is 0 Å². The van der Waals surface area contributed by atoms with Crippen molar-refractivity contribution < 1.29 is 38.1 Å². The quantitative estimate of drug-likeness (QED) is 0.156. The number of nitrogens with one attached hydrogen (secondary N) is 1.